The van der Waals surface area contributed by atoms with Gasteiger partial charge in [0.1, 0.15) is 12.1 Å². The Balaban J connectivity index is 0.000000692. The van der Waals surface area contributed by atoms with E-state index < -0.39 is 39.7 Å². The number of carbonyl (C=O) groups is 3. The molecular weight excluding hydrogens is 682 g/mol. The standard InChI is InChI=1S/C30H38BrN5O5.CH4O3S/c1-15(2)11-22-27(38)35-10-6-9-23(35)30(40)36(22)28(39)29(3,41-30)33-26(37)16-12-18-17-7-5-8-20-24(17)19(25(31)32-20)13-21(18)34(4)14-16;1-5(2,3)4/h5,7-8,15-16,18,21-23,32,40H,6,9-14H2,1-4H3,(H,33,37);1H3,(H,2,3,4)/t16-,18-,21-,22+,23+,29?,30+;/m1./s1. The van der Waals surface area contributed by atoms with E-state index in [1.54, 1.807) is 4.90 Å². The Morgan fingerprint density at radius 3 is 2.65 bits per heavy atom. The highest BCUT2D eigenvalue weighted by molar-refractivity contribution is 9.10. The van der Waals surface area contributed by atoms with E-state index in [4.69, 9.17) is 9.29 Å². The number of hydrogen-bond acceptors (Lipinski definition) is 8. The Kier molecular flexibility index (Phi) is 8.37. The fraction of sp³-hybridized carbons (Fsp3) is 0.645. The van der Waals surface area contributed by atoms with E-state index >= 15 is 0 Å². The highest BCUT2D eigenvalue weighted by atomic mass is 79.9. The minimum Gasteiger partial charge on any atom is -0.349 e. The van der Waals surface area contributed by atoms with Crippen LogP contribution in [-0.4, -0.2) is 112 Å². The van der Waals surface area contributed by atoms with Crippen LogP contribution in [0.4, 0.5) is 0 Å². The van der Waals surface area contributed by atoms with Crippen LogP contribution in [0.3, 0.4) is 0 Å². The number of likely N-dealkylation sites (N-methyl/N-ethyl adjacent to an activating group) is 1. The van der Waals surface area contributed by atoms with Gasteiger partial charge in [0.15, 0.2) is 0 Å². The molecule has 5 aliphatic rings. The molecule has 4 aliphatic heterocycles. The van der Waals surface area contributed by atoms with Gasteiger partial charge in [0.05, 0.1) is 16.8 Å². The molecule has 2 aromatic rings. The number of piperidine rings is 1. The van der Waals surface area contributed by atoms with Crippen LogP contribution in [0.25, 0.3) is 10.9 Å². The van der Waals surface area contributed by atoms with Crippen LogP contribution in [0, 0.1) is 11.8 Å². The second-order valence-electron chi connectivity index (χ2n) is 14.0. The molecule has 7 rings (SSSR count). The van der Waals surface area contributed by atoms with Crippen molar-refractivity contribution in [2.75, 3.05) is 26.4 Å². The molecule has 4 N–H and O–H groups in total. The summed E-state index contributed by atoms with van der Waals surface area (Å²) in [6.45, 7) is 6.55. The van der Waals surface area contributed by atoms with E-state index in [1.807, 2.05) is 13.8 Å². The maximum Gasteiger partial charge on any atom is 0.280 e. The second-order valence-corrected chi connectivity index (χ2v) is 16.2. The molecule has 46 heavy (non-hydrogen) atoms. The fourth-order valence-corrected chi connectivity index (χ4v) is 8.90. The van der Waals surface area contributed by atoms with Crippen molar-refractivity contribution in [1.29, 1.82) is 0 Å². The smallest absolute Gasteiger partial charge is 0.280 e. The van der Waals surface area contributed by atoms with Crippen molar-refractivity contribution in [3.63, 3.8) is 0 Å². The number of nitrogens with one attached hydrogen (secondary N) is 2. The normalized spacial score (nSPS) is 33.9. The quantitative estimate of drug-likeness (QED) is 0.345. The monoisotopic (exact) mass is 723 g/mol. The van der Waals surface area contributed by atoms with Gasteiger partial charge in [-0.1, -0.05) is 26.0 Å². The number of rotatable bonds is 4. The molecule has 0 saturated carbocycles. The van der Waals surface area contributed by atoms with Gasteiger partial charge in [0, 0.05) is 36.0 Å². The average molecular weight is 725 g/mol. The molecule has 3 amide bonds. The Morgan fingerprint density at radius 2 is 1.98 bits per heavy atom. The van der Waals surface area contributed by atoms with Crippen LogP contribution in [0.2, 0.25) is 0 Å². The van der Waals surface area contributed by atoms with Gasteiger partial charge >= 0.3 is 0 Å². The molecule has 1 aromatic heterocycles. The van der Waals surface area contributed by atoms with E-state index in [9.17, 15) is 27.9 Å². The molecule has 1 aromatic carbocycles. The Morgan fingerprint density at radius 1 is 1.28 bits per heavy atom. The molecule has 4 saturated heterocycles. The summed E-state index contributed by atoms with van der Waals surface area (Å²) in [6, 6.07) is 5.07. The second kappa shape index (κ2) is 11.5. The first-order valence-electron chi connectivity index (χ1n) is 15.7. The molecule has 13 nitrogen and oxygen atoms in total. The number of fused-ring (bicyclic) bond motifs is 5. The van der Waals surface area contributed by atoms with Gasteiger partial charge in [-0.25, -0.2) is 0 Å². The minimum absolute atomic E-state index is 0.119. The molecule has 0 spiro atoms. The van der Waals surface area contributed by atoms with Gasteiger partial charge in [-0.3, -0.25) is 28.6 Å². The summed E-state index contributed by atoms with van der Waals surface area (Å²) < 4.78 is 33.1. The van der Waals surface area contributed by atoms with Crippen LogP contribution in [0.1, 0.15) is 63.5 Å². The number of aromatic nitrogens is 1. The highest BCUT2D eigenvalue weighted by Crippen LogP contribution is 2.48. The van der Waals surface area contributed by atoms with Crippen LogP contribution in [0.5, 0.6) is 0 Å². The number of halogens is 1. The van der Waals surface area contributed by atoms with Gasteiger partial charge in [0.25, 0.3) is 21.9 Å². The minimum atomic E-state index is -3.67. The highest BCUT2D eigenvalue weighted by Gasteiger charge is 2.70. The van der Waals surface area contributed by atoms with Crippen molar-refractivity contribution in [3.05, 3.63) is 33.9 Å². The zero-order chi connectivity index (χ0) is 33.5. The predicted molar refractivity (Wildman–Crippen MR) is 172 cm³/mol. The molecule has 1 aliphatic carbocycles. The number of aliphatic hydroxyl groups is 1. The van der Waals surface area contributed by atoms with Crippen molar-refractivity contribution < 1.29 is 37.2 Å². The van der Waals surface area contributed by atoms with Crippen LogP contribution >= 0.6 is 15.9 Å². The number of carbonyl (C=O) groups excluding carboxylic acids is 3. The number of amides is 3. The molecule has 0 bridgehead atoms. The van der Waals surface area contributed by atoms with Crippen LogP contribution in [-0.2, 0) is 35.7 Å². The lowest BCUT2D eigenvalue weighted by Gasteiger charge is -2.49. The topological polar surface area (TPSA) is 173 Å². The molecule has 7 atom stereocenters. The lowest BCUT2D eigenvalue weighted by molar-refractivity contribution is -0.315. The summed E-state index contributed by atoms with van der Waals surface area (Å²) in [6.07, 6.45) is 3.91. The number of benzene rings is 1. The SMILES string of the molecule is CC(C)C[C@H]1C(=O)N2CCC[C@H]2[C@]2(O)OC(C)(NC(=O)[C@@H]3C[C@@H]4c5cccc6[nH]c(Br)c(c56)C[C@H]4N(C)C3)C(=O)N12.CS(=O)(=O)O. The van der Waals surface area contributed by atoms with E-state index in [-0.39, 0.29) is 35.6 Å². The van der Waals surface area contributed by atoms with E-state index in [2.05, 4.69) is 56.4 Å². The van der Waals surface area contributed by atoms with Crippen LogP contribution < -0.4 is 5.32 Å². The maximum absolute atomic E-state index is 14.0. The van der Waals surface area contributed by atoms with Crippen molar-refractivity contribution in [1.82, 2.24) is 25.0 Å². The number of aromatic amines is 1. The molecule has 252 valence electrons. The maximum atomic E-state index is 14.0. The predicted octanol–water partition coefficient (Wildman–Crippen LogP) is 2.15. The third-order valence-electron chi connectivity index (χ3n) is 10.1. The van der Waals surface area contributed by atoms with E-state index in [0.717, 1.165) is 23.0 Å². The first-order valence-corrected chi connectivity index (χ1v) is 18.4. The summed E-state index contributed by atoms with van der Waals surface area (Å²) in [7, 11) is -1.61. The first-order chi connectivity index (χ1) is 21.4. The van der Waals surface area contributed by atoms with Gasteiger partial charge in [-0.05, 0) is 85.1 Å². The number of piperazine rings is 1. The molecule has 15 heteroatoms. The molecule has 4 fully saturated rings. The van der Waals surface area contributed by atoms with Crippen molar-refractivity contribution >= 4 is 54.7 Å². The summed E-state index contributed by atoms with van der Waals surface area (Å²) in [4.78, 5) is 50.0. The number of ether oxygens (including phenoxy) is 1. The number of hydrogen-bond donors (Lipinski definition) is 4. The van der Waals surface area contributed by atoms with Gasteiger partial charge < -0.3 is 25.2 Å². The number of likely N-dealkylation sites (tertiary alicyclic amines) is 1. The molecule has 1 unspecified atom stereocenters. The molecular formula is C31H42BrN5O8S. The Labute approximate surface area is 276 Å². The third kappa shape index (κ3) is 5.56. The zero-order valence-corrected chi connectivity index (χ0v) is 29.0. The Bertz CT molecular complexity index is 1690. The summed E-state index contributed by atoms with van der Waals surface area (Å²) in [5, 5.41) is 16.1. The molecule has 0 radical (unpaired) electrons. The average Bonchev–Trinajstić information content (AvgIpc) is 3.62. The van der Waals surface area contributed by atoms with E-state index in [0.29, 0.717) is 38.6 Å². The number of H-pyrrole nitrogens is 1. The van der Waals surface area contributed by atoms with Crippen molar-refractivity contribution in [2.45, 2.75) is 88.6 Å². The zero-order valence-electron chi connectivity index (χ0n) is 26.6. The van der Waals surface area contributed by atoms with E-state index in [1.165, 1.54) is 28.3 Å². The number of nitrogens with zero attached hydrogens (tertiary/aromatic N) is 3. The van der Waals surface area contributed by atoms with Gasteiger partial charge in [-0.15, -0.1) is 0 Å². The van der Waals surface area contributed by atoms with Crippen molar-refractivity contribution in [2.24, 2.45) is 11.8 Å². The van der Waals surface area contributed by atoms with Gasteiger partial charge in [0.2, 0.25) is 17.5 Å². The molecule has 5 heterocycles. The largest absolute Gasteiger partial charge is 0.349 e. The summed E-state index contributed by atoms with van der Waals surface area (Å²) >= 11 is 3.71. The fourth-order valence-electron chi connectivity index (χ4n) is 8.33. The first kappa shape index (κ1) is 33.3. The van der Waals surface area contributed by atoms with Crippen molar-refractivity contribution in [3.8, 4) is 0 Å². The third-order valence-corrected chi connectivity index (χ3v) is 10.8. The van der Waals surface area contributed by atoms with Crippen LogP contribution in [0.15, 0.2) is 22.8 Å². The lowest BCUT2D eigenvalue weighted by atomic mass is 9.72. The lowest BCUT2D eigenvalue weighted by Crippen LogP contribution is -2.71. The summed E-state index contributed by atoms with van der Waals surface area (Å²) in [5.41, 5.74) is 1.83. The Hall–Kier alpha value is -2.56. The van der Waals surface area contributed by atoms with Gasteiger partial charge in [-0.2, -0.15) is 8.42 Å². The summed E-state index contributed by atoms with van der Waals surface area (Å²) in [5.74, 6) is -3.07.